The van der Waals surface area contributed by atoms with Crippen LogP contribution in [0.1, 0.15) is 26.0 Å². The fraction of sp³-hybridized carbons (Fsp3) is 0.368. The quantitative estimate of drug-likeness (QED) is 0.640. The summed E-state index contributed by atoms with van der Waals surface area (Å²) >= 11 is 3.41. The van der Waals surface area contributed by atoms with Crippen LogP contribution in [-0.4, -0.2) is 31.6 Å². The molecule has 0 radical (unpaired) electrons. The van der Waals surface area contributed by atoms with Gasteiger partial charge in [-0.3, -0.25) is 10.1 Å². The van der Waals surface area contributed by atoms with E-state index in [0.29, 0.717) is 6.54 Å². The summed E-state index contributed by atoms with van der Waals surface area (Å²) in [4.78, 5) is 24.6. The maximum atomic E-state index is 12.0. The SMILES string of the molecule is CC[C@H](C)NC(=O)NC(=O)C[NH+](C)Cc1ccc(-c2ccc(Br)cc2)o1. The second-order valence-corrected chi connectivity index (χ2v) is 7.33. The maximum absolute atomic E-state index is 12.0. The van der Waals surface area contributed by atoms with Gasteiger partial charge in [0.15, 0.2) is 12.3 Å². The van der Waals surface area contributed by atoms with Crippen LogP contribution < -0.4 is 15.5 Å². The molecule has 1 unspecified atom stereocenters. The molecule has 0 fully saturated rings. The van der Waals surface area contributed by atoms with Gasteiger partial charge in [0.2, 0.25) is 0 Å². The zero-order chi connectivity index (χ0) is 19.1. The largest absolute Gasteiger partial charge is 0.455 e. The van der Waals surface area contributed by atoms with Gasteiger partial charge < -0.3 is 14.6 Å². The predicted octanol–water partition coefficient (Wildman–Crippen LogP) is 2.35. The van der Waals surface area contributed by atoms with E-state index in [1.54, 1.807) is 0 Å². The van der Waals surface area contributed by atoms with Gasteiger partial charge in [-0.1, -0.05) is 35.0 Å². The molecule has 1 heterocycles. The molecule has 0 saturated carbocycles. The molecule has 1 aromatic heterocycles. The lowest BCUT2D eigenvalue weighted by atomic mass is 10.2. The molecule has 0 spiro atoms. The highest BCUT2D eigenvalue weighted by Crippen LogP contribution is 2.23. The number of carbonyl (C=O) groups excluding carboxylic acids is 2. The van der Waals surface area contributed by atoms with Crippen molar-refractivity contribution in [1.29, 1.82) is 0 Å². The van der Waals surface area contributed by atoms with E-state index in [2.05, 4.69) is 26.6 Å². The van der Waals surface area contributed by atoms with Crippen LogP contribution in [0.5, 0.6) is 0 Å². The van der Waals surface area contributed by atoms with Crippen LogP contribution in [0.4, 0.5) is 4.79 Å². The Morgan fingerprint density at radius 1 is 1.19 bits per heavy atom. The molecular formula is C19H25BrN3O3+. The lowest BCUT2D eigenvalue weighted by Gasteiger charge is -2.14. The van der Waals surface area contributed by atoms with Gasteiger partial charge >= 0.3 is 6.03 Å². The summed E-state index contributed by atoms with van der Waals surface area (Å²) in [5, 5.41) is 5.06. The van der Waals surface area contributed by atoms with E-state index in [9.17, 15) is 9.59 Å². The minimum Gasteiger partial charge on any atom is -0.455 e. The molecule has 7 heteroatoms. The summed E-state index contributed by atoms with van der Waals surface area (Å²) in [5.74, 6) is 1.26. The molecule has 3 N–H and O–H groups in total. The summed E-state index contributed by atoms with van der Waals surface area (Å²) in [5.41, 5.74) is 0.997. The number of furan rings is 1. The smallest absolute Gasteiger partial charge is 0.321 e. The Hall–Kier alpha value is -2.12. The number of hydrogen-bond acceptors (Lipinski definition) is 3. The third-order valence-corrected chi connectivity index (χ3v) is 4.50. The standard InChI is InChI=1S/C19H24BrN3O3/c1-4-13(2)21-19(25)22-18(24)12-23(3)11-16-9-10-17(26-16)14-5-7-15(20)8-6-14/h5-10,13H,4,11-12H2,1-3H3,(H2,21,22,24,25)/p+1/t13-/m0/s1. The van der Waals surface area contributed by atoms with Crippen LogP contribution in [0.3, 0.4) is 0 Å². The van der Waals surface area contributed by atoms with Gasteiger partial charge in [-0.2, -0.15) is 0 Å². The van der Waals surface area contributed by atoms with Crippen LogP contribution >= 0.6 is 15.9 Å². The lowest BCUT2D eigenvalue weighted by Crippen LogP contribution is -3.09. The van der Waals surface area contributed by atoms with Crippen LogP contribution in [0.2, 0.25) is 0 Å². The number of urea groups is 1. The van der Waals surface area contributed by atoms with Crippen molar-refractivity contribution in [2.45, 2.75) is 32.9 Å². The normalized spacial score (nSPS) is 13.1. The predicted molar refractivity (Wildman–Crippen MR) is 104 cm³/mol. The summed E-state index contributed by atoms with van der Waals surface area (Å²) in [6.45, 7) is 4.59. The molecule has 26 heavy (non-hydrogen) atoms. The first-order chi connectivity index (χ1) is 12.4. The molecular weight excluding hydrogens is 398 g/mol. The number of rotatable bonds is 7. The van der Waals surface area contributed by atoms with Gasteiger partial charge in [-0.15, -0.1) is 0 Å². The summed E-state index contributed by atoms with van der Waals surface area (Å²) in [6.07, 6.45) is 0.811. The average Bonchev–Trinajstić information content (AvgIpc) is 3.03. The number of halogens is 1. The van der Waals surface area contributed by atoms with E-state index < -0.39 is 6.03 Å². The van der Waals surface area contributed by atoms with E-state index in [1.807, 2.05) is 57.3 Å². The Bertz CT molecular complexity index is 743. The van der Waals surface area contributed by atoms with Gasteiger partial charge in [0.25, 0.3) is 5.91 Å². The van der Waals surface area contributed by atoms with Gasteiger partial charge in [0, 0.05) is 16.1 Å². The van der Waals surface area contributed by atoms with Gasteiger partial charge in [-0.25, -0.2) is 4.79 Å². The highest BCUT2D eigenvalue weighted by Gasteiger charge is 2.16. The van der Waals surface area contributed by atoms with Crippen molar-refractivity contribution >= 4 is 27.9 Å². The maximum Gasteiger partial charge on any atom is 0.321 e. The zero-order valence-electron chi connectivity index (χ0n) is 15.3. The fourth-order valence-electron chi connectivity index (χ4n) is 2.41. The Morgan fingerprint density at radius 2 is 1.88 bits per heavy atom. The minimum atomic E-state index is -0.451. The first-order valence-electron chi connectivity index (χ1n) is 8.63. The van der Waals surface area contributed by atoms with Crippen LogP contribution in [-0.2, 0) is 11.3 Å². The molecule has 0 bridgehead atoms. The number of nitrogens with one attached hydrogen (secondary N) is 3. The van der Waals surface area contributed by atoms with Crippen LogP contribution in [0.25, 0.3) is 11.3 Å². The average molecular weight is 423 g/mol. The third-order valence-electron chi connectivity index (χ3n) is 3.97. The second-order valence-electron chi connectivity index (χ2n) is 6.41. The molecule has 3 amide bonds. The van der Waals surface area contributed by atoms with Crippen molar-refractivity contribution in [3.8, 4) is 11.3 Å². The topological polar surface area (TPSA) is 75.8 Å². The summed E-state index contributed by atoms with van der Waals surface area (Å²) in [7, 11) is 1.88. The van der Waals surface area contributed by atoms with Crippen LogP contribution in [0.15, 0.2) is 45.3 Å². The fourth-order valence-corrected chi connectivity index (χ4v) is 2.67. The molecule has 2 rings (SSSR count). The first-order valence-corrected chi connectivity index (χ1v) is 9.43. The van der Waals surface area contributed by atoms with E-state index >= 15 is 0 Å². The first kappa shape index (κ1) is 20.2. The van der Waals surface area contributed by atoms with Crippen molar-refractivity contribution in [3.63, 3.8) is 0 Å². The Balaban J connectivity index is 1.84. The van der Waals surface area contributed by atoms with E-state index in [1.165, 1.54) is 0 Å². The van der Waals surface area contributed by atoms with Gasteiger partial charge in [0.05, 0.1) is 7.05 Å². The molecule has 2 atom stereocenters. The summed E-state index contributed by atoms with van der Waals surface area (Å²) in [6, 6.07) is 11.3. The van der Waals surface area contributed by atoms with Crippen molar-refractivity contribution < 1.29 is 18.9 Å². The molecule has 2 aromatic rings. The highest BCUT2D eigenvalue weighted by molar-refractivity contribution is 9.10. The second kappa shape index (κ2) is 9.54. The molecule has 0 aliphatic rings. The zero-order valence-corrected chi connectivity index (χ0v) is 16.9. The monoisotopic (exact) mass is 422 g/mol. The van der Waals surface area contributed by atoms with E-state index in [-0.39, 0.29) is 18.5 Å². The number of imide groups is 1. The van der Waals surface area contributed by atoms with Crippen LogP contribution in [0, 0.1) is 0 Å². The number of quaternary nitrogens is 1. The number of hydrogen-bond donors (Lipinski definition) is 3. The molecule has 0 aliphatic carbocycles. The molecule has 0 aliphatic heterocycles. The Kier molecular flexibility index (Phi) is 7.41. The molecule has 0 saturated heterocycles. The molecule has 6 nitrogen and oxygen atoms in total. The van der Waals surface area contributed by atoms with Crippen molar-refractivity contribution in [2.24, 2.45) is 0 Å². The minimum absolute atomic E-state index is 0.0352. The lowest BCUT2D eigenvalue weighted by molar-refractivity contribution is -0.886. The molecule has 1 aromatic carbocycles. The summed E-state index contributed by atoms with van der Waals surface area (Å²) < 4.78 is 6.88. The number of amides is 3. The Morgan fingerprint density at radius 3 is 2.54 bits per heavy atom. The van der Waals surface area contributed by atoms with Crippen molar-refractivity contribution in [2.75, 3.05) is 13.6 Å². The Labute approximate surface area is 162 Å². The van der Waals surface area contributed by atoms with Gasteiger partial charge in [-0.05, 0) is 37.6 Å². The van der Waals surface area contributed by atoms with E-state index in [0.717, 1.165) is 32.9 Å². The highest BCUT2D eigenvalue weighted by atomic mass is 79.9. The van der Waals surface area contributed by atoms with E-state index in [4.69, 9.17) is 4.42 Å². The van der Waals surface area contributed by atoms with Crippen molar-refractivity contribution in [1.82, 2.24) is 10.6 Å². The number of benzene rings is 1. The number of carbonyl (C=O) groups is 2. The third kappa shape index (κ3) is 6.31. The van der Waals surface area contributed by atoms with Crippen molar-refractivity contribution in [3.05, 3.63) is 46.6 Å². The molecule has 140 valence electrons. The number of likely N-dealkylation sites (N-methyl/N-ethyl adjacent to an activating group) is 1. The van der Waals surface area contributed by atoms with Gasteiger partial charge in [0.1, 0.15) is 12.3 Å².